The average Bonchev–Trinajstić information content (AvgIpc) is 2.61. The smallest absolute Gasteiger partial charge is 0.191 e. The minimum absolute atomic E-state index is 0. The Bertz CT molecular complexity index is 698. The van der Waals surface area contributed by atoms with Crippen LogP contribution in [0.4, 0.5) is 0 Å². The maximum Gasteiger partial charge on any atom is 0.191 e. The molecule has 0 aliphatic heterocycles. The van der Waals surface area contributed by atoms with Crippen LogP contribution in [0.1, 0.15) is 5.56 Å². The fourth-order valence-electron chi connectivity index (χ4n) is 2.19. The highest BCUT2D eigenvalue weighted by atomic mass is 127. The van der Waals surface area contributed by atoms with E-state index in [-0.39, 0.29) is 24.0 Å². The lowest BCUT2D eigenvalue weighted by molar-refractivity contribution is 0.681. The molecule has 1 atom stereocenters. The zero-order valence-electron chi connectivity index (χ0n) is 14.1. The Kier molecular flexibility index (Phi) is 10.8. The molecule has 0 saturated carbocycles. The van der Waals surface area contributed by atoms with Gasteiger partial charge in [0, 0.05) is 35.8 Å². The Morgan fingerprint density at radius 1 is 1.08 bits per heavy atom. The van der Waals surface area contributed by atoms with Crippen LogP contribution in [0, 0.1) is 0 Å². The second kappa shape index (κ2) is 12.3. The van der Waals surface area contributed by atoms with Crippen LogP contribution >= 0.6 is 35.6 Å². The van der Waals surface area contributed by atoms with Gasteiger partial charge in [-0.3, -0.25) is 9.20 Å². The molecule has 0 bridgehead atoms. The molecule has 7 heteroatoms. The first-order valence-corrected chi connectivity index (χ1v) is 9.51. The van der Waals surface area contributed by atoms with Gasteiger partial charge in [0.05, 0.1) is 10.8 Å². The Hall–Kier alpha value is -1.12. The van der Waals surface area contributed by atoms with Crippen LogP contribution in [-0.4, -0.2) is 36.1 Å². The summed E-state index contributed by atoms with van der Waals surface area (Å²) in [6.45, 7) is 1.35. The van der Waals surface area contributed by atoms with E-state index in [2.05, 4.69) is 15.6 Å². The fraction of sp³-hybridized carbons (Fsp3) is 0.278. The second-order valence-electron chi connectivity index (χ2n) is 5.17. The standard InChI is InChI=1S/C18H22ClN3OS.HI/c1-20-18(21-11-10-15-6-5-7-16(19)14-15)22-12-13-24(23)17-8-3-2-4-9-17;/h2-9,14H,10-13H2,1H3,(H2,20,21,22);1H. The number of nitrogens with one attached hydrogen (secondary N) is 2. The SMILES string of the molecule is CN=C(NCCc1cccc(Cl)c1)NCCS(=O)c1ccccc1.I. The van der Waals surface area contributed by atoms with E-state index < -0.39 is 10.8 Å². The van der Waals surface area contributed by atoms with E-state index in [1.54, 1.807) is 7.05 Å². The summed E-state index contributed by atoms with van der Waals surface area (Å²) in [5.41, 5.74) is 1.18. The summed E-state index contributed by atoms with van der Waals surface area (Å²) in [5, 5.41) is 7.18. The van der Waals surface area contributed by atoms with Crippen molar-refractivity contribution in [1.82, 2.24) is 10.6 Å². The number of benzene rings is 2. The van der Waals surface area contributed by atoms with Crippen molar-refractivity contribution in [3.05, 3.63) is 65.2 Å². The van der Waals surface area contributed by atoms with E-state index in [0.717, 1.165) is 22.9 Å². The van der Waals surface area contributed by atoms with Crippen molar-refractivity contribution in [2.45, 2.75) is 11.3 Å². The minimum atomic E-state index is -1.000. The van der Waals surface area contributed by atoms with Crippen LogP contribution < -0.4 is 10.6 Å². The molecule has 1 unspecified atom stereocenters. The largest absolute Gasteiger partial charge is 0.356 e. The molecule has 0 aliphatic rings. The van der Waals surface area contributed by atoms with Crippen molar-refractivity contribution < 1.29 is 4.21 Å². The fourth-order valence-corrected chi connectivity index (χ4v) is 3.39. The zero-order chi connectivity index (χ0) is 17.2. The van der Waals surface area contributed by atoms with Crippen LogP contribution in [0.15, 0.2) is 64.5 Å². The highest BCUT2D eigenvalue weighted by Gasteiger charge is 2.04. The van der Waals surface area contributed by atoms with Crippen molar-refractivity contribution in [3.8, 4) is 0 Å². The average molecular weight is 492 g/mol. The van der Waals surface area contributed by atoms with Crippen LogP contribution in [0.5, 0.6) is 0 Å². The Labute approximate surface area is 173 Å². The van der Waals surface area contributed by atoms with Gasteiger partial charge in [-0.25, -0.2) is 0 Å². The monoisotopic (exact) mass is 491 g/mol. The lowest BCUT2D eigenvalue weighted by atomic mass is 10.1. The van der Waals surface area contributed by atoms with E-state index in [1.807, 2.05) is 54.6 Å². The number of rotatable bonds is 7. The molecule has 0 saturated heterocycles. The number of hydrogen-bond acceptors (Lipinski definition) is 2. The third kappa shape index (κ3) is 8.20. The maximum absolute atomic E-state index is 12.1. The molecule has 25 heavy (non-hydrogen) atoms. The van der Waals surface area contributed by atoms with Crippen molar-refractivity contribution in [3.63, 3.8) is 0 Å². The van der Waals surface area contributed by atoms with Gasteiger partial charge < -0.3 is 10.6 Å². The van der Waals surface area contributed by atoms with E-state index in [0.29, 0.717) is 18.3 Å². The third-order valence-electron chi connectivity index (χ3n) is 3.40. The number of halogens is 2. The second-order valence-corrected chi connectivity index (χ2v) is 7.18. The van der Waals surface area contributed by atoms with Crippen LogP contribution in [-0.2, 0) is 17.2 Å². The van der Waals surface area contributed by atoms with Crippen LogP contribution in [0.3, 0.4) is 0 Å². The molecule has 2 aromatic rings. The van der Waals surface area contributed by atoms with Gasteiger partial charge in [0.1, 0.15) is 0 Å². The van der Waals surface area contributed by atoms with Gasteiger partial charge in [-0.1, -0.05) is 41.9 Å². The first-order valence-electron chi connectivity index (χ1n) is 7.81. The number of nitrogens with zero attached hydrogens (tertiary/aromatic N) is 1. The molecule has 0 heterocycles. The topological polar surface area (TPSA) is 53.5 Å². The van der Waals surface area contributed by atoms with Gasteiger partial charge in [-0.15, -0.1) is 24.0 Å². The summed E-state index contributed by atoms with van der Waals surface area (Å²) in [5.74, 6) is 1.25. The lowest BCUT2D eigenvalue weighted by Gasteiger charge is -2.12. The molecule has 0 fully saturated rings. The first kappa shape index (κ1) is 21.9. The Morgan fingerprint density at radius 3 is 2.48 bits per heavy atom. The predicted molar refractivity (Wildman–Crippen MR) is 118 cm³/mol. The number of hydrogen-bond donors (Lipinski definition) is 2. The molecule has 2 aromatic carbocycles. The molecular formula is C18H23ClIN3OS. The maximum atomic E-state index is 12.1. The third-order valence-corrected chi connectivity index (χ3v) is 5.01. The van der Waals surface area contributed by atoms with E-state index in [9.17, 15) is 4.21 Å². The van der Waals surface area contributed by atoms with Crippen LogP contribution in [0.25, 0.3) is 0 Å². The molecule has 0 radical (unpaired) electrons. The van der Waals surface area contributed by atoms with E-state index in [1.165, 1.54) is 5.56 Å². The summed E-state index contributed by atoms with van der Waals surface area (Å²) >= 11 is 5.98. The van der Waals surface area contributed by atoms with Crippen LogP contribution in [0.2, 0.25) is 5.02 Å². The highest BCUT2D eigenvalue weighted by molar-refractivity contribution is 14.0. The molecular weight excluding hydrogens is 469 g/mol. The summed E-state index contributed by atoms with van der Waals surface area (Å²) in [4.78, 5) is 5.03. The van der Waals surface area contributed by atoms with E-state index >= 15 is 0 Å². The summed E-state index contributed by atoms with van der Waals surface area (Å²) < 4.78 is 12.1. The molecule has 0 aliphatic carbocycles. The molecule has 0 amide bonds. The van der Waals surface area contributed by atoms with Gasteiger partial charge >= 0.3 is 0 Å². The van der Waals surface area contributed by atoms with Gasteiger partial charge in [0.15, 0.2) is 5.96 Å². The predicted octanol–water partition coefficient (Wildman–Crippen LogP) is 3.47. The summed E-state index contributed by atoms with van der Waals surface area (Å²) in [6.07, 6.45) is 0.858. The van der Waals surface area contributed by atoms with Crippen molar-refractivity contribution in [2.24, 2.45) is 4.99 Å². The Balaban J connectivity index is 0.00000312. The van der Waals surface area contributed by atoms with Crippen molar-refractivity contribution in [2.75, 3.05) is 25.9 Å². The quantitative estimate of drug-likeness (QED) is 0.354. The molecule has 0 aromatic heterocycles. The van der Waals surface area contributed by atoms with Gasteiger partial charge in [0.25, 0.3) is 0 Å². The molecule has 0 spiro atoms. The molecule has 2 rings (SSSR count). The first-order chi connectivity index (χ1) is 11.7. The van der Waals surface area contributed by atoms with Gasteiger partial charge in [0.2, 0.25) is 0 Å². The number of aliphatic imine (C=N–C) groups is 1. The van der Waals surface area contributed by atoms with Crippen molar-refractivity contribution in [1.29, 1.82) is 0 Å². The normalized spacial score (nSPS) is 12.2. The summed E-state index contributed by atoms with van der Waals surface area (Å²) in [7, 11) is 0.725. The Morgan fingerprint density at radius 2 is 1.80 bits per heavy atom. The highest BCUT2D eigenvalue weighted by Crippen LogP contribution is 2.10. The van der Waals surface area contributed by atoms with Gasteiger partial charge in [-0.2, -0.15) is 0 Å². The lowest BCUT2D eigenvalue weighted by Crippen LogP contribution is -2.40. The zero-order valence-corrected chi connectivity index (χ0v) is 18.0. The summed E-state index contributed by atoms with van der Waals surface area (Å²) in [6, 6.07) is 17.3. The minimum Gasteiger partial charge on any atom is -0.356 e. The molecule has 136 valence electrons. The number of guanidine groups is 1. The molecule has 4 nitrogen and oxygen atoms in total. The van der Waals surface area contributed by atoms with Gasteiger partial charge in [-0.05, 0) is 36.2 Å². The van der Waals surface area contributed by atoms with Crippen molar-refractivity contribution >= 4 is 52.3 Å². The molecule has 2 N–H and O–H groups in total. The van der Waals surface area contributed by atoms with E-state index in [4.69, 9.17) is 11.6 Å².